The van der Waals surface area contributed by atoms with Gasteiger partial charge in [0.25, 0.3) is 0 Å². The average Bonchev–Trinajstić information content (AvgIpc) is 3.61. The fourth-order valence-corrected chi connectivity index (χ4v) is 6.80. The van der Waals surface area contributed by atoms with E-state index in [1.165, 1.54) is 12.7 Å². The van der Waals surface area contributed by atoms with Crippen LogP contribution in [0.5, 0.6) is 0 Å². The van der Waals surface area contributed by atoms with Gasteiger partial charge in [-0.15, -0.1) is 0 Å². The van der Waals surface area contributed by atoms with Gasteiger partial charge in [0.2, 0.25) is 0 Å². The summed E-state index contributed by atoms with van der Waals surface area (Å²) in [6.07, 6.45) is 4.93. The highest BCUT2D eigenvalue weighted by molar-refractivity contribution is 5.94. The van der Waals surface area contributed by atoms with Crippen molar-refractivity contribution in [1.82, 2.24) is 24.5 Å². The van der Waals surface area contributed by atoms with Gasteiger partial charge in [-0.25, -0.2) is 4.68 Å². The molecule has 0 saturated heterocycles. The average molecular weight is 592 g/mol. The van der Waals surface area contributed by atoms with Crippen molar-refractivity contribution in [3.8, 4) is 16.9 Å². The predicted octanol–water partition coefficient (Wildman–Crippen LogP) is 7.20. The zero-order valence-corrected chi connectivity index (χ0v) is 26.2. The third-order valence-electron chi connectivity index (χ3n) is 9.12. The molecule has 228 valence electrons. The van der Waals surface area contributed by atoms with E-state index in [2.05, 4.69) is 45.9 Å². The first kappa shape index (κ1) is 29.8. The zero-order chi connectivity index (χ0) is 31.0. The lowest BCUT2D eigenvalue weighted by Gasteiger charge is -2.27. The Kier molecular flexibility index (Phi) is 8.36. The molecule has 0 aliphatic heterocycles. The van der Waals surface area contributed by atoms with Crippen LogP contribution >= 0.6 is 0 Å². The second-order valence-corrected chi connectivity index (χ2v) is 12.3. The molecule has 8 heteroatoms. The van der Waals surface area contributed by atoms with Crippen molar-refractivity contribution < 1.29 is 14.6 Å². The molecule has 2 aromatic carbocycles. The van der Waals surface area contributed by atoms with Crippen LogP contribution in [0.2, 0.25) is 0 Å². The third kappa shape index (κ3) is 5.66. The van der Waals surface area contributed by atoms with E-state index in [9.17, 15) is 9.90 Å². The van der Waals surface area contributed by atoms with E-state index in [-0.39, 0.29) is 17.8 Å². The Bertz CT molecular complexity index is 1780. The predicted molar refractivity (Wildman–Crippen MR) is 172 cm³/mol. The number of carbonyl (C=O) groups excluding carboxylic acids is 1. The molecule has 1 fully saturated rings. The van der Waals surface area contributed by atoms with E-state index in [1.54, 1.807) is 0 Å². The molecule has 1 saturated carbocycles. The number of hydrogen-bond donors (Lipinski definition) is 1. The van der Waals surface area contributed by atoms with Crippen molar-refractivity contribution in [1.29, 1.82) is 0 Å². The van der Waals surface area contributed by atoms with Crippen LogP contribution < -0.4 is 0 Å². The Morgan fingerprint density at radius 3 is 2.41 bits per heavy atom. The number of aliphatic hydroxyl groups excluding tert-OH is 1. The first-order valence-corrected chi connectivity index (χ1v) is 15.6. The van der Waals surface area contributed by atoms with Crippen LogP contribution in [0.15, 0.2) is 66.9 Å². The topological polar surface area (TPSA) is 95.1 Å². The van der Waals surface area contributed by atoms with E-state index in [0.717, 1.165) is 76.2 Å². The van der Waals surface area contributed by atoms with Gasteiger partial charge in [0, 0.05) is 40.0 Å². The number of nitrogens with zero attached hydrogens (tertiary/aromatic N) is 5. The molecule has 0 radical (unpaired) electrons. The van der Waals surface area contributed by atoms with Gasteiger partial charge >= 0.3 is 5.97 Å². The van der Waals surface area contributed by atoms with Crippen molar-refractivity contribution in [2.45, 2.75) is 77.9 Å². The second-order valence-electron chi connectivity index (χ2n) is 12.3. The Morgan fingerprint density at radius 2 is 1.73 bits per heavy atom. The van der Waals surface area contributed by atoms with Crippen LogP contribution in [0.25, 0.3) is 27.8 Å². The molecule has 1 aliphatic rings. The summed E-state index contributed by atoms with van der Waals surface area (Å²) in [4.78, 5) is 17.0. The molecule has 5 aromatic rings. The normalized spacial score (nSPS) is 17.7. The second kappa shape index (κ2) is 12.4. The van der Waals surface area contributed by atoms with Crippen LogP contribution in [0.1, 0.15) is 85.7 Å². The molecule has 0 amide bonds. The Labute approximate surface area is 258 Å². The minimum atomic E-state index is -0.650. The molecule has 0 spiro atoms. The summed E-state index contributed by atoms with van der Waals surface area (Å²) in [6.45, 7) is 8.96. The summed E-state index contributed by atoms with van der Waals surface area (Å²) in [5.74, 6) is 0.503. The minimum Gasteiger partial charge on any atom is -0.469 e. The molecule has 1 N–H and O–H groups in total. The standard InChI is InChI=1S/C36H41N5O3/c1-22(2)34-24(4)41(32-19-18-30(37-23(32)3)25-14-16-27(17-15-25)36(43)44-5)39-35(34)28-12-9-13-31-29(28)20-40(38-31)21-33(42)26-10-7-6-8-11-26/h6-13,18-20,22,25,27,33,42H,14-17,21H2,1-5H3. The lowest BCUT2D eigenvalue weighted by molar-refractivity contribution is -0.146. The molecule has 3 aromatic heterocycles. The van der Waals surface area contributed by atoms with Crippen LogP contribution in [0.4, 0.5) is 0 Å². The lowest BCUT2D eigenvalue weighted by atomic mass is 9.80. The number of aliphatic hydroxyl groups is 1. The number of esters is 1. The van der Waals surface area contributed by atoms with Gasteiger partial charge in [-0.05, 0) is 69.2 Å². The Morgan fingerprint density at radius 1 is 0.977 bits per heavy atom. The van der Waals surface area contributed by atoms with Crippen molar-refractivity contribution in [2.24, 2.45) is 5.92 Å². The molecular weight excluding hydrogens is 550 g/mol. The maximum atomic E-state index is 12.0. The molecule has 0 bridgehead atoms. The quantitative estimate of drug-likeness (QED) is 0.192. The Hall–Kier alpha value is -4.30. The monoisotopic (exact) mass is 591 g/mol. The van der Waals surface area contributed by atoms with Crippen LogP contribution in [0, 0.1) is 19.8 Å². The van der Waals surface area contributed by atoms with Gasteiger partial charge in [-0.2, -0.15) is 10.2 Å². The van der Waals surface area contributed by atoms with Crippen molar-refractivity contribution in [3.05, 3.63) is 95.1 Å². The molecule has 1 atom stereocenters. The molecule has 8 nitrogen and oxygen atoms in total. The maximum absolute atomic E-state index is 12.0. The van der Waals surface area contributed by atoms with Gasteiger partial charge in [0.1, 0.15) is 0 Å². The van der Waals surface area contributed by atoms with Crippen molar-refractivity contribution in [2.75, 3.05) is 7.11 Å². The molecule has 6 rings (SSSR count). The number of aryl methyl sites for hydroxylation is 1. The van der Waals surface area contributed by atoms with E-state index < -0.39 is 6.10 Å². The third-order valence-corrected chi connectivity index (χ3v) is 9.12. The van der Waals surface area contributed by atoms with Crippen LogP contribution in [0.3, 0.4) is 0 Å². The van der Waals surface area contributed by atoms with E-state index in [0.29, 0.717) is 12.5 Å². The lowest BCUT2D eigenvalue weighted by Crippen LogP contribution is -2.22. The molecular formula is C36H41N5O3. The highest BCUT2D eigenvalue weighted by Crippen LogP contribution is 2.38. The van der Waals surface area contributed by atoms with Gasteiger partial charge in [0.15, 0.2) is 0 Å². The molecule has 1 aliphatic carbocycles. The fraction of sp³-hybridized carbons (Fsp3) is 0.389. The van der Waals surface area contributed by atoms with E-state index in [1.807, 2.05) is 58.0 Å². The van der Waals surface area contributed by atoms with E-state index in [4.69, 9.17) is 19.9 Å². The Balaban J connectivity index is 1.32. The largest absolute Gasteiger partial charge is 0.469 e. The summed E-state index contributed by atoms with van der Waals surface area (Å²) < 4.78 is 8.83. The zero-order valence-electron chi connectivity index (χ0n) is 26.2. The van der Waals surface area contributed by atoms with Crippen molar-refractivity contribution >= 4 is 16.9 Å². The first-order valence-electron chi connectivity index (χ1n) is 15.6. The van der Waals surface area contributed by atoms with Crippen molar-refractivity contribution in [3.63, 3.8) is 0 Å². The number of fused-ring (bicyclic) bond motifs is 1. The maximum Gasteiger partial charge on any atom is 0.308 e. The van der Waals surface area contributed by atoms with Gasteiger partial charge < -0.3 is 9.84 Å². The van der Waals surface area contributed by atoms with Gasteiger partial charge in [-0.1, -0.05) is 56.3 Å². The summed E-state index contributed by atoms with van der Waals surface area (Å²) in [7, 11) is 1.47. The number of pyridine rings is 1. The number of aromatic nitrogens is 5. The van der Waals surface area contributed by atoms with Crippen LogP contribution in [-0.4, -0.2) is 42.7 Å². The number of methoxy groups -OCH3 is 1. The number of hydrogen-bond acceptors (Lipinski definition) is 6. The summed E-state index contributed by atoms with van der Waals surface area (Å²) in [5, 5.41) is 21.9. The van der Waals surface area contributed by atoms with Gasteiger partial charge in [0.05, 0.1) is 48.3 Å². The molecule has 44 heavy (non-hydrogen) atoms. The highest BCUT2D eigenvalue weighted by Gasteiger charge is 2.29. The highest BCUT2D eigenvalue weighted by atomic mass is 16.5. The fourth-order valence-electron chi connectivity index (χ4n) is 6.80. The molecule has 3 heterocycles. The molecule has 1 unspecified atom stereocenters. The first-order chi connectivity index (χ1) is 21.2. The van der Waals surface area contributed by atoms with E-state index >= 15 is 0 Å². The summed E-state index contributed by atoms with van der Waals surface area (Å²) in [6, 6.07) is 20.1. The number of rotatable bonds is 8. The summed E-state index contributed by atoms with van der Waals surface area (Å²) in [5.41, 5.74) is 8.98. The minimum absolute atomic E-state index is 0.00158. The number of carbonyl (C=O) groups is 1. The summed E-state index contributed by atoms with van der Waals surface area (Å²) >= 11 is 0. The SMILES string of the molecule is COC(=O)C1CCC(c2ccc(-n3nc(-c4cccc5nn(CC(O)c6ccccc6)cc45)c(C(C)C)c3C)c(C)n2)CC1. The van der Waals surface area contributed by atoms with Crippen LogP contribution in [-0.2, 0) is 16.1 Å². The van der Waals surface area contributed by atoms with Gasteiger partial charge in [-0.3, -0.25) is 14.5 Å². The smallest absolute Gasteiger partial charge is 0.308 e. The number of benzene rings is 2. The number of ether oxygens (including phenoxy) is 1.